The average Bonchev–Trinajstić information content (AvgIpc) is 2.53. The predicted molar refractivity (Wildman–Crippen MR) is 91.3 cm³/mol. The van der Waals surface area contributed by atoms with Crippen LogP contribution in [0.15, 0.2) is 18.2 Å². The molecule has 1 aromatic carbocycles. The number of unbranched alkanes of at least 4 members (excludes halogenated alkanes) is 8. The van der Waals surface area contributed by atoms with Crippen molar-refractivity contribution in [1.82, 2.24) is 0 Å². The van der Waals surface area contributed by atoms with Gasteiger partial charge in [-0.05, 0) is 36.6 Å². The number of carbonyl (C=O) groups is 2. The minimum absolute atomic E-state index is 0.0517. The van der Waals surface area contributed by atoms with E-state index >= 15 is 0 Å². The van der Waals surface area contributed by atoms with Gasteiger partial charge >= 0.3 is 11.9 Å². The first-order valence-electron chi connectivity index (χ1n) is 8.65. The molecule has 0 bridgehead atoms. The zero-order chi connectivity index (χ0) is 17.1. The first-order chi connectivity index (χ1) is 11.0. The molecule has 0 saturated carbocycles. The SMILES string of the molecule is CCCCCCCCCCCc1cc(C(=O)O)cc(C(=O)O)c1. The first-order valence-corrected chi connectivity index (χ1v) is 8.65. The van der Waals surface area contributed by atoms with Crippen molar-refractivity contribution >= 4 is 11.9 Å². The maximum Gasteiger partial charge on any atom is 0.335 e. The summed E-state index contributed by atoms with van der Waals surface area (Å²) in [7, 11) is 0. The lowest BCUT2D eigenvalue weighted by atomic mass is 10.00. The standard InChI is InChI=1S/C19H28O4/c1-2-3-4-5-6-7-8-9-10-11-15-12-16(18(20)21)14-17(13-15)19(22)23/h12-14H,2-11H2,1H3,(H,20,21)(H,22,23). The molecule has 0 unspecified atom stereocenters. The maximum absolute atomic E-state index is 11.1. The lowest BCUT2D eigenvalue weighted by molar-refractivity contribution is 0.0696. The molecule has 1 aromatic rings. The number of carboxylic acid groups (broad SMARTS) is 2. The molecule has 0 aliphatic carbocycles. The lowest BCUT2D eigenvalue weighted by Crippen LogP contribution is -2.04. The number of hydrogen-bond acceptors (Lipinski definition) is 2. The van der Waals surface area contributed by atoms with Crippen LogP contribution in [0.25, 0.3) is 0 Å². The Bertz CT molecular complexity index is 476. The molecule has 0 amide bonds. The van der Waals surface area contributed by atoms with Gasteiger partial charge < -0.3 is 10.2 Å². The fourth-order valence-electron chi connectivity index (χ4n) is 2.72. The smallest absolute Gasteiger partial charge is 0.335 e. The summed E-state index contributed by atoms with van der Waals surface area (Å²) in [5.74, 6) is -2.16. The van der Waals surface area contributed by atoms with Gasteiger partial charge in [-0.25, -0.2) is 9.59 Å². The number of aromatic carboxylic acids is 2. The Morgan fingerprint density at radius 3 is 1.61 bits per heavy atom. The Morgan fingerprint density at radius 2 is 1.17 bits per heavy atom. The summed E-state index contributed by atoms with van der Waals surface area (Å²) in [5.41, 5.74) is 0.900. The monoisotopic (exact) mass is 320 g/mol. The van der Waals surface area contributed by atoms with Crippen molar-refractivity contribution in [1.29, 1.82) is 0 Å². The largest absolute Gasteiger partial charge is 0.478 e. The second-order valence-electron chi connectivity index (χ2n) is 6.11. The highest BCUT2D eigenvalue weighted by Gasteiger charge is 2.11. The first kappa shape index (κ1) is 19.2. The van der Waals surface area contributed by atoms with E-state index in [2.05, 4.69) is 6.92 Å². The van der Waals surface area contributed by atoms with Crippen LogP contribution in [0.1, 0.15) is 91.0 Å². The third kappa shape index (κ3) is 7.82. The van der Waals surface area contributed by atoms with Crippen LogP contribution in [0.2, 0.25) is 0 Å². The van der Waals surface area contributed by atoms with E-state index in [0.717, 1.165) is 24.8 Å². The third-order valence-corrected chi connectivity index (χ3v) is 4.06. The minimum Gasteiger partial charge on any atom is -0.478 e. The van der Waals surface area contributed by atoms with Crippen molar-refractivity contribution in [3.8, 4) is 0 Å². The fourth-order valence-corrected chi connectivity index (χ4v) is 2.72. The molecule has 23 heavy (non-hydrogen) atoms. The predicted octanol–water partition coefficient (Wildman–Crippen LogP) is 5.16. The van der Waals surface area contributed by atoms with Crippen LogP contribution in [0.3, 0.4) is 0 Å². The summed E-state index contributed by atoms with van der Waals surface area (Å²) in [5, 5.41) is 18.1. The van der Waals surface area contributed by atoms with Crippen LogP contribution in [0.5, 0.6) is 0 Å². The normalized spacial score (nSPS) is 10.7. The second-order valence-corrected chi connectivity index (χ2v) is 6.11. The van der Waals surface area contributed by atoms with Gasteiger partial charge in [0, 0.05) is 0 Å². The van der Waals surface area contributed by atoms with Crippen LogP contribution in [-0.2, 0) is 6.42 Å². The molecule has 2 N–H and O–H groups in total. The Kier molecular flexibility index (Phi) is 9.03. The zero-order valence-corrected chi connectivity index (χ0v) is 14.0. The van der Waals surface area contributed by atoms with Crippen LogP contribution in [0.4, 0.5) is 0 Å². The summed E-state index contributed by atoms with van der Waals surface area (Å²) in [6.07, 6.45) is 11.8. The van der Waals surface area contributed by atoms with E-state index in [1.807, 2.05) is 0 Å². The van der Waals surface area contributed by atoms with Crippen LogP contribution >= 0.6 is 0 Å². The summed E-state index contributed by atoms with van der Waals surface area (Å²) >= 11 is 0. The molecular weight excluding hydrogens is 292 g/mol. The van der Waals surface area contributed by atoms with E-state index in [1.54, 1.807) is 12.1 Å². The van der Waals surface area contributed by atoms with Crippen LogP contribution in [-0.4, -0.2) is 22.2 Å². The summed E-state index contributed by atoms with van der Waals surface area (Å²) in [6, 6.07) is 4.38. The molecule has 4 nitrogen and oxygen atoms in total. The number of benzene rings is 1. The molecule has 0 aliphatic heterocycles. The van der Waals surface area contributed by atoms with Crippen molar-refractivity contribution in [2.75, 3.05) is 0 Å². The molecule has 0 aromatic heterocycles. The highest BCUT2D eigenvalue weighted by atomic mass is 16.4. The average molecular weight is 320 g/mol. The molecule has 128 valence electrons. The van der Waals surface area contributed by atoms with Crippen molar-refractivity contribution < 1.29 is 19.8 Å². The molecule has 0 atom stereocenters. The molecule has 1 rings (SSSR count). The second kappa shape index (κ2) is 10.8. The quantitative estimate of drug-likeness (QED) is 0.522. The number of hydrogen-bond donors (Lipinski definition) is 2. The molecule has 0 fully saturated rings. The van der Waals surface area contributed by atoms with E-state index in [0.29, 0.717) is 0 Å². The van der Waals surface area contributed by atoms with E-state index in [4.69, 9.17) is 10.2 Å². The Balaban J connectivity index is 2.34. The van der Waals surface area contributed by atoms with Crippen molar-refractivity contribution in [3.63, 3.8) is 0 Å². The number of carboxylic acids is 2. The van der Waals surface area contributed by atoms with E-state index in [9.17, 15) is 9.59 Å². The van der Waals surface area contributed by atoms with Crippen molar-refractivity contribution in [2.45, 2.75) is 71.1 Å². The highest BCUT2D eigenvalue weighted by molar-refractivity contribution is 5.94. The van der Waals surface area contributed by atoms with Gasteiger partial charge in [0.05, 0.1) is 11.1 Å². The summed E-state index contributed by atoms with van der Waals surface area (Å²) in [4.78, 5) is 22.1. The van der Waals surface area contributed by atoms with E-state index < -0.39 is 11.9 Å². The lowest BCUT2D eigenvalue weighted by Gasteiger charge is -2.06. The van der Waals surface area contributed by atoms with Crippen molar-refractivity contribution in [2.24, 2.45) is 0 Å². The van der Waals surface area contributed by atoms with Gasteiger partial charge in [-0.2, -0.15) is 0 Å². The van der Waals surface area contributed by atoms with Crippen molar-refractivity contribution in [3.05, 3.63) is 34.9 Å². The molecule has 0 saturated heterocycles. The topological polar surface area (TPSA) is 74.6 Å². The molecule has 0 heterocycles. The van der Waals surface area contributed by atoms with Gasteiger partial charge in [0.1, 0.15) is 0 Å². The number of aryl methyl sites for hydroxylation is 1. The van der Waals surface area contributed by atoms with E-state index in [-0.39, 0.29) is 11.1 Å². The highest BCUT2D eigenvalue weighted by Crippen LogP contribution is 2.15. The summed E-state index contributed by atoms with van der Waals surface area (Å²) < 4.78 is 0. The zero-order valence-electron chi connectivity index (χ0n) is 14.0. The Morgan fingerprint density at radius 1 is 0.739 bits per heavy atom. The minimum atomic E-state index is -1.08. The Labute approximate surface area is 138 Å². The summed E-state index contributed by atoms with van der Waals surface area (Å²) in [6.45, 7) is 2.22. The van der Waals surface area contributed by atoms with Gasteiger partial charge in [-0.15, -0.1) is 0 Å². The van der Waals surface area contributed by atoms with Gasteiger partial charge in [-0.1, -0.05) is 58.3 Å². The van der Waals surface area contributed by atoms with E-state index in [1.165, 1.54) is 51.0 Å². The molecule has 0 radical (unpaired) electrons. The van der Waals surface area contributed by atoms with Gasteiger partial charge in [0.2, 0.25) is 0 Å². The maximum atomic E-state index is 11.1. The van der Waals surface area contributed by atoms with Crippen LogP contribution < -0.4 is 0 Å². The van der Waals surface area contributed by atoms with Gasteiger partial charge in [0.25, 0.3) is 0 Å². The molecule has 4 heteroatoms. The van der Waals surface area contributed by atoms with Crippen LogP contribution in [0, 0.1) is 0 Å². The third-order valence-electron chi connectivity index (χ3n) is 4.06. The molecule has 0 aliphatic rings. The van der Waals surface area contributed by atoms with Gasteiger partial charge in [0.15, 0.2) is 0 Å². The fraction of sp³-hybridized carbons (Fsp3) is 0.579. The molecule has 0 spiro atoms. The number of rotatable bonds is 12. The molecular formula is C19H28O4. The Hall–Kier alpha value is -1.84. The van der Waals surface area contributed by atoms with Gasteiger partial charge in [-0.3, -0.25) is 0 Å².